The van der Waals surface area contributed by atoms with Crippen molar-refractivity contribution in [2.45, 2.75) is 158 Å². The highest BCUT2D eigenvalue weighted by Gasteiger charge is 1.36. The Labute approximate surface area is 158 Å². The van der Waals surface area contributed by atoms with Gasteiger partial charge in [-0.25, -0.2) is 0 Å². The second-order valence-electron chi connectivity index (χ2n) is 2.12. The van der Waals surface area contributed by atoms with Crippen LogP contribution in [0.3, 0.4) is 0 Å². The van der Waals surface area contributed by atoms with E-state index in [1.165, 1.54) is 19.3 Å². The predicted octanol–water partition coefficient (Wildman–Crippen LogP) is 11.4. The molecule has 158 valence electrons. The van der Waals surface area contributed by atoms with Crippen molar-refractivity contribution in [2.75, 3.05) is 0 Å². The first-order chi connectivity index (χ1) is 11.2. The van der Waals surface area contributed by atoms with E-state index in [0.717, 1.165) is 0 Å². The lowest BCUT2D eigenvalue weighted by molar-refractivity contribution is 1.09. The molecule has 0 atom stereocenters. The van der Waals surface area contributed by atoms with Crippen LogP contribution in [-0.2, 0) is 0 Å². The molecule has 23 heavy (non-hydrogen) atoms. The van der Waals surface area contributed by atoms with E-state index in [4.69, 9.17) is 0 Å². The number of rotatable bonds is 0. The summed E-state index contributed by atoms with van der Waals surface area (Å²) in [5, 5.41) is 0. The zero-order valence-electron chi connectivity index (χ0n) is 22.1. The van der Waals surface area contributed by atoms with Crippen molar-refractivity contribution >= 4 is 0 Å². The Morgan fingerprint density at radius 2 is 0.217 bits per heavy atom. The van der Waals surface area contributed by atoms with Crippen LogP contribution in [0.1, 0.15) is 158 Å². The van der Waals surface area contributed by atoms with E-state index in [2.05, 4.69) is 41.5 Å². The second-order valence-corrected chi connectivity index (χ2v) is 2.12. The van der Waals surface area contributed by atoms with Crippen LogP contribution >= 0.6 is 0 Å². The lowest BCUT2D eigenvalue weighted by atomic mass is 10.6. The maximum absolute atomic E-state index is 2.12. The molecular weight excluding hydrogens is 276 g/mol. The van der Waals surface area contributed by atoms with Gasteiger partial charge in [0.05, 0.1) is 0 Å². The van der Waals surface area contributed by atoms with E-state index in [-0.39, 0.29) is 0 Å². The largest absolute Gasteiger partial charge is 0.0683 e. The van der Waals surface area contributed by atoms with Crippen LogP contribution in [-0.4, -0.2) is 0 Å². The number of hydrogen-bond acceptors (Lipinski definition) is 0. The highest BCUT2D eigenvalue weighted by molar-refractivity contribution is 3.92. The van der Waals surface area contributed by atoms with Crippen molar-refractivity contribution in [3.63, 3.8) is 0 Å². The highest BCUT2D eigenvalue weighted by Crippen LogP contribution is 1.56. The lowest BCUT2D eigenvalue weighted by Crippen LogP contribution is -1.27. The molecule has 0 fully saturated rings. The quantitative estimate of drug-likeness (QED) is 0.410. The summed E-state index contributed by atoms with van der Waals surface area (Å²) >= 11 is 0. The average molecular weight is 343 g/mol. The Balaban J connectivity index is -0.0000000103. The van der Waals surface area contributed by atoms with Crippen LogP contribution in [0.5, 0.6) is 0 Å². The molecule has 0 N–H and O–H groups in total. The molecule has 0 radical (unpaired) electrons. The maximum atomic E-state index is 2.12. The van der Waals surface area contributed by atoms with Gasteiger partial charge in [-0.2, -0.15) is 0 Å². The van der Waals surface area contributed by atoms with Crippen LogP contribution in [0.15, 0.2) is 0 Å². The van der Waals surface area contributed by atoms with Crippen LogP contribution in [0, 0.1) is 0 Å². The van der Waals surface area contributed by atoms with Gasteiger partial charge < -0.3 is 0 Å². The van der Waals surface area contributed by atoms with E-state index in [1.807, 2.05) is 96.9 Å². The molecule has 0 saturated heterocycles. The molecule has 0 amide bonds. The van der Waals surface area contributed by atoms with Gasteiger partial charge in [0.2, 0.25) is 0 Å². The predicted molar refractivity (Wildman–Crippen MR) is 127 cm³/mol. The molecule has 0 aromatic carbocycles. The van der Waals surface area contributed by atoms with Crippen molar-refractivity contribution in [1.82, 2.24) is 0 Å². The summed E-state index contributed by atoms with van der Waals surface area (Å²) < 4.78 is 0. The molecule has 0 unspecified atom stereocenters. The Hall–Kier alpha value is 0. The molecular formula is C23H66. The van der Waals surface area contributed by atoms with Gasteiger partial charge in [-0.1, -0.05) is 158 Å². The van der Waals surface area contributed by atoms with Crippen LogP contribution in [0.25, 0.3) is 0 Å². The van der Waals surface area contributed by atoms with E-state index in [1.54, 1.807) is 0 Å². The van der Waals surface area contributed by atoms with E-state index in [9.17, 15) is 0 Å². The summed E-state index contributed by atoms with van der Waals surface area (Å²) in [5.41, 5.74) is 0. The zero-order chi connectivity index (χ0) is 22.1. The Bertz CT molecular complexity index is 4.75. The summed E-state index contributed by atoms with van der Waals surface area (Å²) in [6.45, 7) is 40.8. The molecule has 0 rings (SSSR count). The minimum Gasteiger partial charge on any atom is -0.0683 e. The van der Waals surface area contributed by atoms with E-state index >= 15 is 0 Å². The first-order valence-corrected chi connectivity index (χ1v) is 11.2. The van der Waals surface area contributed by atoms with Crippen LogP contribution < -0.4 is 0 Å². The van der Waals surface area contributed by atoms with Gasteiger partial charge in [-0.05, 0) is 0 Å². The molecule has 0 heterocycles. The third-order valence-corrected chi connectivity index (χ3v) is 0. The monoisotopic (exact) mass is 343 g/mol. The van der Waals surface area contributed by atoms with Gasteiger partial charge in [0.1, 0.15) is 0 Å². The third-order valence-electron chi connectivity index (χ3n) is 0. The third kappa shape index (κ3) is 0. The molecule has 0 nitrogen and oxygen atoms in total. The van der Waals surface area contributed by atoms with Gasteiger partial charge in [0.25, 0.3) is 0 Å². The van der Waals surface area contributed by atoms with Crippen molar-refractivity contribution in [3.8, 4) is 0 Å². The molecule has 0 aliphatic carbocycles. The van der Waals surface area contributed by atoms with Gasteiger partial charge in [-0.15, -0.1) is 0 Å². The first kappa shape index (κ1) is 65.9. The van der Waals surface area contributed by atoms with Gasteiger partial charge >= 0.3 is 0 Å². The zero-order valence-corrected chi connectivity index (χ0v) is 22.1. The summed E-state index contributed by atoms with van der Waals surface area (Å²) in [6, 6.07) is 0. The Morgan fingerprint density at radius 3 is 0.217 bits per heavy atom. The molecule has 0 saturated carbocycles. The molecule has 0 aliphatic rings. The average Bonchev–Trinajstić information content (AvgIpc) is 2.68. The van der Waals surface area contributed by atoms with Crippen LogP contribution in [0.4, 0.5) is 0 Å². The summed E-state index contributed by atoms with van der Waals surface area (Å²) in [4.78, 5) is 0. The minimum absolute atomic E-state index is 1.25. The topological polar surface area (TPSA) is 0 Å². The van der Waals surface area contributed by atoms with Gasteiger partial charge in [-0.3, -0.25) is 0 Å². The fourth-order valence-corrected chi connectivity index (χ4v) is 0. The van der Waals surface area contributed by atoms with Crippen LogP contribution in [0.2, 0.25) is 0 Å². The van der Waals surface area contributed by atoms with Crippen molar-refractivity contribution in [3.05, 3.63) is 0 Å². The minimum atomic E-state index is 1.25. The van der Waals surface area contributed by atoms with Gasteiger partial charge in [0, 0.05) is 0 Å². The standard InChI is InChI=1S/3C3H8.7C2H6/c3*1-3-2;7*1-2/h3*3H2,1-2H3;7*1-2H3. The lowest BCUT2D eigenvalue weighted by Gasteiger charge is -1.48. The van der Waals surface area contributed by atoms with Crippen molar-refractivity contribution in [1.29, 1.82) is 0 Å². The normalized spacial score (nSPS) is 4.17. The maximum Gasteiger partial charge on any atom is -0.0590 e. The summed E-state index contributed by atoms with van der Waals surface area (Å²) in [7, 11) is 0. The smallest absolute Gasteiger partial charge is 0.0590 e. The van der Waals surface area contributed by atoms with Crippen molar-refractivity contribution in [2.24, 2.45) is 0 Å². The fraction of sp³-hybridized carbons (Fsp3) is 1.00. The molecule has 0 bridgehead atoms. The molecule has 0 heteroatoms. The molecule has 0 aliphatic heterocycles. The summed E-state index contributed by atoms with van der Waals surface area (Å²) in [5.74, 6) is 0. The molecule has 0 spiro atoms. The highest BCUT2D eigenvalue weighted by atomic mass is 13.4. The molecule has 0 aromatic heterocycles. The Kier molecular flexibility index (Phi) is 3090. The van der Waals surface area contributed by atoms with Crippen molar-refractivity contribution < 1.29 is 0 Å². The van der Waals surface area contributed by atoms with Gasteiger partial charge in [0.15, 0.2) is 0 Å². The van der Waals surface area contributed by atoms with E-state index < -0.39 is 0 Å². The second kappa shape index (κ2) is 1080. The first-order valence-electron chi connectivity index (χ1n) is 11.2. The number of hydrogen-bond donors (Lipinski definition) is 0. The Morgan fingerprint density at radius 1 is 0.217 bits per heavy atom. The SMILES string of the molecule is CC.CC.CC.CC.CC.CC.CC.CCC.CCC.CCC. The summed E-state index contributed by atoms with van der Waals surface area (Å²) in [6.07, 6.45) is 3.75. The molecule has 0 aromatic rings. The van der Waals surface area contributed by atoms with E-state index in [0.29, 0.717) is 0 Å². The fourth-order valence-electron chi connectivity index (χ4n) is 0.